The summed E-state index contributed by atoms with van der Waals surface area (Å²) in [5.74, 6) is 0.733. The Morgan fingerprint density at radius 3 is 2.18 bits per heavy atom. The summed E-state index contributed by atoms with van der Waals surface area (Å²) in [6.45, 7) is 14.2. The van der Waals surface area contributed by atoms with Gasteiger partial charge in [-0.1, -0.05) is 52.7 Å². The zero-order valence-electron chi connectivity index (χ0n) is 15.1. The van der Waals surface area contributed by atoms with Gasteiger partial charge in [0.1, 0.15) is 0 Å². The molecule has 0 heterocycles. The first-order valence-electron chi connectivity index (χ1n) is 8.24. The number of allylic oxidation sites excluding steroid dienone is 1. The molecule has 1 saturated carbocycles. The van der Waals surface area contributed by atoms with Crippen LogP contribution in [0.15, 0.2) is 30.5 Å². The van der Waals surface area contributed by atoms with Gasteiger partial charge in [0.2, 0.25) is 0 Å². The predicted molar refractivity (Wildman–Crippen MR) is 94.9 cm³/mol. The van der Waals surface area contributed by atoms with Gasteiger partial charge in [0.15, 0.2) is 0 Å². The standard InChI is InChI=1S/C15H19NO.C3H6.C2H6/c1-6-13-9-12(10-16)7-8-14(13)15(3,4)11(2)17-5;1-2-3-1;1-2/h7-9H,2,6H2,1,3-5H3;1-3H2;1-2H3. The van der Waals surface area contributed by atoms with Gasteiger partial charge < -0.3 is 4.74 Å². The molecule has 0 unspecified atom stereocenters. The third kappa shape index (κ3) is 5.93. The van der Waals surface area contributed by atoms with E-state index in [1.165, 1.54) is 30.4 Å². The Kier molecular flexibility index (Phi) is 9.26. The number of hydrogen-bond donors (Lipinski definition) is 0. The topological polar surface area (TPSA) is 33.0 Å². The average Bonchev–Trinajstić information content (AvgIpc) is 3.43. The first kappa shape index (κ1) is 20.2. The highest BCUT2D eigenvalue weighted by Gasteiger charge is 2.27. The highest BCUT2D eigenvalue weighted by molar-refractivity contribution is 5.44. The van der Waals surface area contributed by atoms with Crippen molar-refractivity contribution in [3.63, 3.8) is 0 Å². The second-order valence-corrected chi connectivity index (χ2v) is 5.65. The molecule has 0 bridgehead atoms. The fourth-order valence-corrected chi connectivity index (χ4v) is 1.97. The SMILES string of the molecule is C1CC1.C=C(OC)C(C)(C)c1ccc(C#N)cc1CC.CC. The van der Waals surface area contributed by atoms with Crippen LogP contribution in [0.4, 0.5) is 0 Å². The van der Waals surface area contributed by atoms with E-state index < -0.39 is 0 Å². The van der Waals surface area contributed by atoms with Crippen LogP contribution in [0.1, 0.15) is 70.6 Å². The van der Waals surface area contributed by atoms with Gasteiger partial charge in [-0.15, -0.1) is 0 Å². The Morgan fingerprint density at radius 1 is 1.27 bits per heavy atom. The van der Waals surface area contributed by atoms with E-state index in [1.54, 1.807) is 7.11 Å². The Balaban J connectivity index is 0.000000758. The molecule has 2 heteroatoms. The van der Waals surface area contributed by atoms with Crippen LogP contribution in [0, 0.1) is 11.3 Å². The summed E-state index contributed by atoms with van der Waals surface area (Å²) in [4.78, 5) is 0. The fraction of sp³-hybridized carbons (Fsp3) is 0.550. The number of aryl methyl sites for hydroxylation is 1. The molecule has 0 aliphatic heterocycles. The van der Waals surface area contributed by atoms with Crippen molar-refractivity contribution < 1.29 is 4.74 Å². The molecule has 0 radical (unpaired) electrons. The first-order chi connectivity index (χ1) is 10.5. The van der Waals surface area contributed by atoms with Gasteiger partial charge in [0, 0.05) is 5.41 Å². The molecule has 1 aromatic rings. The van der Waals surface area contributed by atoms with Crippen LogP contribution in [0.2, 0.25) is 0 Å². The maximum Gasteiger partial charge on any atom is 0.0991 e. The number of benzene rings is 1. The lowest BCUT2D eigenvalue weighted by atomic mass is 9.79. The summed E-state index contributed by atoms with van der Waals surface area (Å²) in [6, 6.07) is 7.96. The van der Waals surface area contributed by atoms with Crippen molar-refractivity contribution in [1.29, 1.82) is 5.26 Å². The lowest BCUT2D eigenvalue weighted by Crippen LogP contribution is -2.22. The Morgan fingerprint density at radius 2 is 1.82 bits per heavy atom. The van der Waals surface area contributed by atoms with E-state index in [2.05, 4.69) is 33.4 Å². The van der Waals surface area contributed by atoms with Gasteiger partial charge in [-0.2, -0.15) is 5.26 Å². The second-order valence-electron chi connectivity index (χ2n) is 5.65. The summed E-state index contributed by atoms with van der Waals surface area (Å²) < 4.78 is 5.27. The zero-order valence-corrected chi connectivity index (χ0v) is 15.1. The van der Waals surface area contributed by atoms with Gasteiger partial charge in [-0.25, -0.2) is 0 Å². The molecule has 2 rings (SSSR count). The number of ether oxygens (including phenoxy) is 1. The second kappa shape index (κ2) is 10.1. The number of rotatable bonds is 4. The van der Waals surface area contributed by atoms with Crippen LogP contribution in [0.5, 0.6) is 0 Å². The number of nitriles is 1. The lowest BCUT2D eigenvalue weighted by molar-refractivity contribution is 0.236. The minimum atomic E-state index is -0.242. The molecule has 1 aliphatic carbocycles. The van der Waals surface area contributed by atoms with Crippen LogP contribution in [-0.4, -0.2) is 7.11 Å². The minimum absolute atomic E-state index is 0.242. The normalized spacial score (nSPS) is 11.9. The number of hydrogen-bond acceptors (Lipinski definition) is 2. The highest BCUT2D eigenvalue weighted by atomic mass is 16.5. The Bertz CT molecular complexity index is 504. The maximum atomic E-state index is 8.91. The van der Waals surface area contributed by atoms with Gasteiger partial charge in [-0.3, -0.25) is 0 Å². The van der Waals surface area contributed by atoms with Crippen molar-refractivity contribution >= 4 is 0 Å². The first-order valence-corrected chi connectivity index (χ1v) is 8.24. The van der Waals surface area contributed by atoms with Crippen molar-refractivity contribution in [3.05, 3.63) is 47.2 Å². The third-order valence-electron chi connectivity index (χ3n) is 3.59. The quantitative estimate of drug-likeness (QED) is 0.663. The molecule has 22 heavy (non-hydrogen) atoms. The van der Waals surface area contributed by atoms with E-state index >= 15 is 0 Å². The van der Waals surface area contributed by atoms with Crippen molar-refractivity contribution in [1.82, 2.24) is 0 Å². The van der Waals surface area contributed by atoms with Gasteiger partial charge in [0.05, 0.1) is 24.5 Å². The van der Waals surface area contributed by atoms with E-state index in [0.717, 1.165) is 12.2 Å². The summed E-state index contributed by atoms with van der Waals surface area (Å²) in [5, 5.41) is 8.91. The highest BCUT2D eigenvalue weighted by Crippen LogP contribution is 2.33. The Labute approximate surface area is 136 Å². The van der Waals surface area contributed by atoms with Gasteiger partial charge in [0.25, 0.3) is 0 Å². The molecule has 0 aromatic heterocycles. The molecule has 2 nitrogen and oxygen atoms in total. The van der Waals surface area contributed by atoms with Crippen LogP contribution < -0.4 is 0 Å². The molecule has 122 valence electrons. The van der Waals surface area contributed by atoms with Crippen molar-refractivity contribution in [2.75, 3.05) is 7.11 Å². The number of methoxy groups -OCH3 is 1. The Hall–Kier alpha value is -1.75. The predicted octanol–water partition coefficient (Wildman–Crippen LogP) is 5.75. The van der Waals surface area contributed by atoms with Crippen molar-refractivity contribution in [2.24, 2.45) is 0 Å². The summed E-state index contributed by atoms with van der Waals surface area (Å²) in [6.07, 6.45) is 5.39. The maximum absolute atomic E-state index is 8.91. The molecule has 1 fully saturated rings. The van der Waals surface area contributed by atoms with Gasteiger partial charge in [-0.05, 0) is 43.5 Å². The monoisotopic (exact) mass is 301 g/mol. The molecule has 1 aliphatic rings. The van der Waals surface area contributed by atoms with Crippen LogP contribution in [0.25, 0.3) is 0 Å². The minimum Gasteiger partial charge on any atom is -0.501 e. The molecule has 1 aromatic carbocycles. The number of nitrogens with zero attached hydrogens (tertiary/aromatic N) is 1. The van der Waals surface area contributed by atoms with Gasteiger partial charge >= 0.3 is 0 Å². The average molecular weight is 301 g/mol. The molecule has 0 spiro atoms. The molecule has 0 N–H and O–H groups in total. The smallest absolute Gasteiger partial charge is 0.0991 e. The summed E-state index contributed by atoms with van der Waals surface area (Å²) in [7, 11) is 1.64. The van der Waals surface area contributed by atoms with Crippen molar-refractivity contribution in [2.45, 2.75) is 65.7 Å². The fourth-order valence-electron chi connectivity index (χ4n) is 1.97. The van der Waals surface area contributed by atoms with Crippen LogP contribution in [-0.2, 0) is 16.6 Å². The van der Waals surface area contributed by atoms with Crippen LogP contribution in [0.3, 0.4) is 0 Å². The lowest BCUT2D eigenvalue weighted by Gasteiger charge is -2.28. The van der Waals surface area contributed by atoms with Crippen LogP contribution >= 0.6 is 0 Å². The van der Waals surface area contributed by atoms with E-state index in [-0.39, 0.29) is 5.41 Å². The van der Waals surface area contributed by atoms with E-state index in [1.807, 2.05) is 32.0 Å². The van der Waals surface area contributed by atoms with E-state index in [4.69, 9.17) is 10.00 Å². The summed E-state index contributed by atoms with van der Waals surface area (Å²) in [5.41, 5.74) is 2.80. The molecule has 0 amide bonds. The summed E-state index contributed by atoms with van der Waals surface area (Å²) >= 11 is 0. The molecule has 0 atom stereocenters. The molecule has 0 saturated heterocycles. The largest absolute Gasteiger partial charge is 0.501 e. The molecular formula is C20H31NO. The zero-order chi connectivity index (χ0) is 17.2. The molecular weight excluding hydrogens is 270 g/mol. The third-order valence-corrected chi connectivity index (χ3v) is 3.59. The van der Waals surface area contributed by atoms with E-state index in [9.17, 15) is 0 Å². The van der Waals surface area contributed by atoms with E-state index in [0.29, 0.717) is 5.56 Å². The van der Waals surface area contributed by atoms with Crippen molar-refractivity contribution in [3.8, 4) is 6.07 Å².